The van der Waals surface area contributed by atoms with Crippen molar-refractivity contribution in [3.05, 3.63) is 35.9 Å². The van der Waals surface area contributed by atoms with Gasteiger partial charge in [0, 0.05) is 19.6 Å². The van der Waals surface area contributed by atoms with E-state index in [1.54, 1.807) is 6.92 Å². The van der Waals surface area contributed by atoms with E-state index in [0.717, 1.165) is 5.56 Å². The molecule has 0 aromatic heterocycles. The van der Waals surface area contributed by atoms with Crippen molar-refractivity contribution in [1.29, 1.82) is 0 Å². The Morgan fingerprint density at radius 3 is 1.82 bits per heavy atom. The van der Waals surface area contributed by atoms with E-state index >= 15 is 0 Å². The van der Waals surface area contributed by atoms with Crippen molar-refractivity contribution in [3.63, 3.8) is 0 Å². The van der Waals surface area contributed by atoms with E-state index < -0.39 is 89.6 Å². The van der Waals surface area contributed by atoms with Gasteiger partial charge in [-0.2, -0.15) is 0 Å². The zero-order valence-electron chi connectivity index (χ0n) is 38.8. The van der Waals surface area contributed by atoms with Crippen LogP contribution in [0.4, 0.5) is 0 Å². The normalized spacial score (nSPS) is 16.5. The Morgan fingerprint density at radius 2 is 1.26 bits per heavy atom. The number of unbranched alkanes of at least 4 members (excludes halogenated alkanes) is 2. The molecule has 0 spiro atoms. The van der Waals surface area contributed by atoms with Crippen molar-refractivity contribution in [2.45, 2.75) is 153 Å². The maximum atomic E-state index is 14.3. The number of hydrogen-bond donors (Lipinski definition) is 12. The second kappa shape index (κ2) is 30.2. The molecule has 1 heterocycles. The second-order valence-electron chi connectivity index (χ2n) is 16.8. The third kappa shape index (κ3) is 20.0. The fourth-order valence-corrected chi connectivity index (χ4v) is 7.46. The Kier molecular flexibility index (Phi) is 25.7. The predicted octanol–water partition coefficient (Wildman–Crippen LogP) is -1.47. The Balaban J connectivity index is 2.38. The Labute approximate surface area is 388 Å². The summed E-state index contributed by atoms with van der Waals surface area (Å²) >= 11 is 0. The van der Waals surface area contributed by atoms with Crippen LogP contribution in [0.15, 0.2) is 40.3 Å². The highest BCUT2D eigenvalue weighted by atomic mass is 16.4. The first-order valence-electron chi connectivity index (χ1n) is 23.1. The van der Waals surface area contributed by atoms with E-state index in [1.807, 2.05) is 44.2 Å². The lowest BCUT2D eigenvalue weighted by molar-refractivity contribution is -0.145. The number of nitrogens with one attached hydrogen (secondary N) is 5. The molecule has 1 aromatic rings. The average molecular weight is 929 g/mol. The van der Waals surface area contributed by atoms with E-state index in [9.17, 15) is 38.7 Å². The van der Waals surface area contributed by atoms with Crippen molar-refractivity contribution < 1.29 is 38.7 Å². The zero-order valence-corrected chi connectivity index (χ0v) is 38.8. The zero-order chi connectivity index (χ0) is 49.2. The smallest absolute Gasteiger partial charge is 0.326 e. The minimum atomic E-state index is -1.21. The number of hydrogen-bond acceptors (Lipinski definition) is 11. The molecular formula is C44H76N14O8. The molecular weight excluding hydrogens is 853 g/mol. The molecule has 6 amide bonds. The Bertz CT molecular complexity index is 1780. The van der Waals surface area contributed by atoms with Crippen LogP contribution in [0.25, 0.3) is 0 Å². The average Bonchev–Trinajstić information content (AvgIpc) is 3.78. The summed E-state index contributed by atoms with van der Waals surface area (Å²) in [5.41, 5.74) is 34.7. The van der Waals surface area contributed by atoms with E-state index in [-0.39, 0.29) is 82.9 Å². The molecule has 1 aliphatic heterocycles. The molecule has 1 fully saturated rings. The van der Waals surface area contributed by atoms with E-state index in [2.05, 4.69) is 36.6 Å². The topological polar surface area (TPSA) is 384 Å². The van der Waals surface area contributed by atoms with E-state index in [0.29, 0.717) is 45.1 Å². The van der Waals surface area contributed by atoms with Crippen LogP contribution in [0, 0.1) is 5.92 Å². The van der Waals surface area contributed by atoms with Gasteiger partial charge in [-0.15, -0.1) is 0 Å². The van der Waals surface area contributed by atoms with Gasteiger partial charge in [-0.3, -0.25) is 38.8 Å². The number of nitrogens with two attached hydrogens (primary N) is 6. The van der Waals surface area contributed by atoms with Crippen molar-refractivity contribution in [1.82, 2.24) is 31.5 Å². The van der Waals surface area contributed by atoms with Crippen LogP contribution in [-0.2, 0) is 40.0 Å². The summed E-state index contributed by atoms with van der Waals surface area (Å²) < 4.78 is 0. The molecule has 8 atom stereocenters. The number of carbonyl (C=O) groups is 7. The molecule has 22 heteroatoms. The predicted molar refractivity (Wildman–Crippen MR) is 252 cm³/mol. The molecule has 1 aliphatic rings. The van der Waals surface area contributed by atoms with Gasteiger partial charge in [0.2, 0.25) is 35.4 Å². The van der Waals surface area contributed by atoms with Crippen LogP contribution in [0.2, 0.25) is 0 Å². The van der Waals surface area contributed by atoms with Crippen LogP contribution >= 0.6 is 0 Å². The summed E-state index contributed by atoms with van der Waals surface area (Å²) in [5.74, 6) is -5.80. The van der Waals surface area contributed by atoms with Gasteiger partial charge in [0.15, 0.2) is 11.9 Å². The quantitative estimate of drug-likeness (QED) is 0.0230. The van der Waals surface area contributed by atoms with Crippen LogP contribution < -0.4 is 61.0 Å². The van der Waals surface area contributed by atoms with Crippen LogP contribution in [0.1, 0.15) is 110 Å². The Morgan fingerprint density at radius 1 is 0.712 bits per heavy atom. The van der Waals surface area contributed by atoms with Gasteiger partial charge < -0.3 is 71.0 Å². The molecule has 370 valence electrons. The lowest BCUT2D eigenvalue weighted by Gasteiger charge is -2.32. The molecule has 0 saturated carbocycles. The van der Waals surface area contributed by atoms with Crippen molar-refractivity contribution in [3.8, 4) is 0 Å². The van der Waals surface area contributed by atoms with Gasteiger partial charge in [-0.1, -0.05) is 70.4 Å². The monoisotopic (exact) mass is 929 g/mol. The first-order valence-corrected chi connectivity index (χ1v) is 23.1. The van der Waals surface area contributed by atoms with Gasteiger partial charge >= 0.3 is 5.97 Å². The lowest BCUT2D eigenvalue weighted by Crippen LogP contribution is -2.60. The molecule has 22 nitrogen and oxygen atoms in total. The summed E-state index contributed by atoms with van der Waals surface area (Å²) in [5, 5.41) is 23.5. The standard InChI is InChI=1S/C44H76N14O8/c1-4-6-17-30(53-36(59)29(46)26-28-15-8-7-9-16-28)37(60)54-31(19-12-23-51-43(47)48)38(61)57-35(27(3)5-2)40(63)55-32(20-13-24-52-44(49)50)41(64)58-25-14-21-34(58)39(62)56-33(42(65)66)18-10-11-22-45/h7-9,15-16,27,29-35H,4-6,10-14,17-26,45-46H2,1-3H3,(H,53,59)(H,54,60)(H,55,63)(H,56,62)(H,57,61)(H,65,66)(H4,47,48,51)(H4,49,50,52)/t27-,29-,30-,31-,32-,33-,34-,35-/m0/s1. The first kappa shape index (κ1) is 56.1. The number of likely N-dealkylation sites (tertiary alicyclic amines) is 1. The molecule has 0 radical (unpaired) electrons. The summed E-state index contributed by atoms with van der Waals surface area (Å²) in [7, 11) is 0. The molecule has 18 N–H and O–H groups in total. The number of carboxylic acids is 1. The van der Waals surface area contributed by atoms with Gasteiger partial charge in [0.1, 0.15) is 36.3 Å². The number of nitrogens with zero attached hydrogens (tertiary/aromatic N) is 3. The molecule has 0 bridgehead atoms. The second-order valence-corrected chi connectivity index (χ2v) is 16.8. The van der Waals surface area contributed by atoms with Crippen LogP contribution in [0.5, 0.6) is 0 Å². The number of carbonyl (C=O) groups excluding carboxylic acids is 6. The molecule has 0 aliphatic carbocycles. The van der Waals surface area contributed by atoms with E-state index in [1.165, 1.54) is 4.90 Å². The molecule has 2 rings (SSSR count). The van der Waals surface area contributed by atoms with Gasteiger partial charge in [-0.25, -0.2) is 4.79 Å². The fraction of sp³-hybridized carbons (Fsp3) is 0.659. The maximum Gasteiger partial charge on any atom is 0.326 e. The van der Waals surface area contributed by atoms with Gasteiger partial charge in [-0.05, 0) is 88.7 Å². The lowest BCUT2D eigenvalue weighted by atomic mass is 9.96. The SMILES string of the molecule is CCCC[C@H](NC(=O)[C@@H](N)Cc1ccccc1)C(=O)N[C@@H](CCCN=C(N)N)C(=O)N[C@H](C(=O)N[C@@H](CCCN=C(N)N)C(=O)N1CCC[C@H]1C(=O)N[C@@H](CCCCN)C(=O)O)[C@@H](C)CC. The van der Waals surface area contributed by atoms with Gasteiger partial charge in [0.25, 0.3) is 0 Å². The number of rotatable bonds is 31. The number of guanidine groups is 2. The number of amides is 6. The van der Waals surface area contributed by atoms with Crippen LogP contribution in [-0.4, -0.2) is 132 Å². The molecule has 1 aromatic carbocycles. The molecule has 1 saturated heterocycles. The summed E-state index contributed by atoms with van der Waals surface area (Å²) in [6, 6.07) is 1.43. The van der Waals surface area contributed by atoms with Gasteiger partial charge in [0.05, 0.1) is 6.04 Å². The first-order chi connectivity index (χ1) is 31.4. The van der Waals surface area contributed by atoms with Crippen LogP contribution in [0.3, 0.4) is 0 Å². The largest absolute Gasteiger partial charge is 0.480 e. The summed E-state index contributed by atoms with van der Waals surface area (Å²) in [6.07, 6.45) is 4.75. The highest BCUT2D eigenvalue weighted by Gasteiger charge is 2.40. The molecule has 0 unspecified atom stereocenters. The fourth-order valence-electron chi connectivity index (χ4n) is 7.46. The minimum Gasteiger partial charge on any atom is -0.480 e. The highest BCUT2D eigenvalue weighted by molar-refractivity contribution is 5.97. The molecule has 66 heavy (non-hydrogen) atoms. The highest BCUT2D eigenvalue weighted by Crippen LogP contribution is 2.21. The van der Waals surface area contributed by atoms with Crippen molar-refractivity contribution in [2.24, 2.45) is 50.3 Å². The number of benzene rings is 1. The van der Waals surface area contributed by atoms with E-state index in [4.69, 9.17) is 34.4 Å². The van der Waals surface area contributed by atoms with Crippen molar-refractivity contribution >= 4 is 53.3 Å². The maximum absolute atomic E-state index is 14.3. The van der Waals surface area contributed by atoms with Crippen molar-refractivity contribution in [2.75, 3.05) is 26.2 Å². The minimum absolute atomic E-state index is 0.0469. The third-order valence-corrected chi connectivity index (χ3v) is 11.4. The number of aliphatic imine (C=N–C) groups is 2. The number of aliphatic carboxylic acids is 1. The Hall–Kier alpha value is -6.03. The summed E-state index contributed by atoms with van der Waals surface area (Å²) in [4.78, 5) is 105. The summed E-state index contributed by atoms with van der Waals surface area (Å²) in [6.45, 7) is 6.30. The number of carboxylic acid groups (broad SMARTS) is 1. The third-order valence-electron chi connectivity index (χ3n) is 11.4.